The van der Waals surface area contributed by atoms with Gasteiger partial charge in [-0.2, -0.15) is 0 Å². The third kappa shape index (κ3) is 4.01. The number of rotatable bonds is 3. The maximum atomic E-state index is 12.1. The molecule has 19 heavy (non-hydrogen) atoms. The predicted octanol–water partition coefficient (Wildman–Crippen LogP) is 3.47. The summed E-state index contributed by atoms with van der Waals surface area (Å²) >= 11 is 3.27. The van der Waals surface area contributed by atoms with Gasteiger partial charge in [-0.15, -0.1) is 0 Å². The van der Waals surface area contributed by atoms with E-state index in [9.17, 15) is 4.79 Å². The van der Waals surface area contributed by atoms with E-state index < -0.39 is 0 Å². The lowest BCUT2D eigenvalue weighted by Gasteiger charge is -2.12. The number of aliphatic imine (C=N–C) groups is 1. The lowest BCUT2D eigenvalue weighted by molar-refractivity contribution is -0.115. The Kier molecular flexibility index (Phi) is 4.93. The molecule has 0 aromatic heterocycles. The molecule has 1 N–H and O–H groups in total. The molecule has 0 fully saturated rings. The van der Waals surface area contributed by atoms with Crippen molar-refractivity contribution in [2.75, 3.05) is 17.6 Å². The van der Waals surface area contributed by atoms with Crippen LogP contribution in [0.1, 0.15) is 18.1 Å². The number of aryl methyl sites for hydroxylation is 2. The summed E-state index contributed by atoms with van der Waals surface area (Å²) in [5.74, 6) is 1.07. The molecule has 1 aromatic rings. The Morgan fingerprint density at radius 2 is 2.21 bits per heavy atom. The summed E-state index contributed by atoms with van der Waals surface area (Å²) < 4.78 is 1.03. The van der Waals surface area contributed by atoms with Crippen molar-refractivity contribution in [1.82, 2.24) is 0 Å². The molecular formula is C14H18N2OS2. The largest absolute Gasteiger partial charge is 0.325 e. The van der Waals surface area contributed by atoms with Crippen molar-refractivity contribution in [1.29, 1.82) is 0 Å². The van der Waals surface area contributed by atoms with Crippen molar-refractivity contribution in [3.8, 4) is 0 Å². The third-order valence-electron chi connectivity index (χ3n) is 2.98. The zero-order valence-electron chi connectivity index (χ0n) is 11.4. The second kappa shape index (κ2) is 6.48. The molecule has 102 valence electrons. The van der Waals surface area contributed by atoms with Gasteiger partial charge in [0.15, 0.2) is 0 Å². The van der Waals surface area contributed by atoms with Crippen LogP contribution in [0.15, 0.2) is 23.2 Å². The van der Waals surface area contributed by atoms with Crippen LogP contribution >= 0.6 is 23.5 Å². The van der Waals surface area contributed by atoms with Gasteiger partial charge in [0, 0.05) is 11.4 Å². The number of nitrogens with zero attached hydrogens (tertiary/aromatic N) is 1. The molecule has 1 unspecified atom stereocenters. The number of amides is 1. The standard InChI is InChI=1S/C14H18N2OS2/c1-9-4-5-12(8-10(9)2)16-13(17)11(3)19-14-15-6-7-18-14/h4-5,8,11H,6-7H2,1-3H3,(H,16,17). The van der Waals surface area contributed by atoms with E-state index in [4.69, 9.17) is 0 Å². The Hall–Kier alpha value is -0.940. The topological polar surface area (TPSA) is 41.5 Å². The fraction of sp³-hybridized carbons (Fsp3) is 0.429. The number of benzene rings is 1. The van der Waals surface area contributed by atoms with Gasteiger partial charge in [-0.05, 0) is 44.0 Å². The fourth-order valence-electron chi connectivity index (χ4n) is 1.65. The molecule has 1 aromatic carbocycles. The molecule has 0 saturated heterocycles. The minimum atomic E-state index is -0.119. The average molecular weight is 294 g/mol. The molecule has 1 amide bonds. The minimum Gasteiger partial charge on any atom is -0.325 e. The molecule has 1 aliphatic rings. The number of carbonyl (C=O) groups is 1. The van der Waals surface area contributed by atoms with Crippen molar-refractivity contribution in [3.05, 3.63) is 29.3 Å². The van der Waals surface area contributed by atoms with Crippen LogP contribution in [0.25, 0.3) is 0 Å². The smallest absolute Gasteiger partial charge is 0.237 e. The van der Waals surface area contributed by atoms with Crippen LogP contribution < -0.4 is 5.32 Å². The molecule has 3 nitrogen and oxygen atoms in total. The number of anilines is 1. The maximum absolute atomic E-state index is 12.1. The molecule has 2 rings (SSSR count). The monoisotopic (exact) mass is 294 g/mol. The molecule has 0 saturated carbocycles. The van der Waals surface area contributed by atoms with E-state index in [-0.39, 0.29) is 11.2 Å². The van der Waals surface area contributed by atoms with Gasteiger partial charge in [0.05, 0.1) is 11.8 Å². The average Bonchev–Trinajstić information content (AvgIpc) is 2.86. The first-order chi connectivity index (χ1) is 9.06. The highest BCUT2D eigenvalue weighted by Gasteiger charge is 2.18. The van der Waals surface area contributed by atoms with Crippen molar-refractivity contribution >= 4 is 39.5 Å². The zero-order chi connectivity index (χ0) is 13.8. The highest BCUT2D eigenvalue weighted by molar-refractivity contribution is 8.39. The van der Waals surface area contributed by atoms with Crippen molar-refractivity contribution < 1.29 is 4.79 Å². The van der Waals surface area contributed by atoms with Gasteiger partial charge < -0.3 is 5.32 Å². The molecule has 1 heterocycles. The first kappa shape index (κ1) is 14.5. The second-order valence-electron chi connectivity index (χ2n) is 4.54. The number of hydrogen-bond acceptors (Lipinski definition) is 4. The van der Waals surface area contributed by atoms with E-state index in [0.717, 1.165) is 22.4 Å². The van der Waals surface area contributed by atoms with E-state index >= 15 is 0 Å². The van der Waals surface area contributed by atoms with Gasteiger partial charge in [0.1, 0.15) is 4.38 Å². The SMILES string of the molecule is Cc1ccc(NC(=O)C(C)SC2=NCCS2)cc1C. The van der Waals surface area contributed by atoms with Crippen molar-refractivity contribution in [2.45, 2.75) is 26.0 Å². The molecule has 0 spiro atoms. The molecule has 1 aliphatic heterocycles. The summed E-state index contributed by atoms with van der Waals surface area (Å²) in [6.45, 7) is 6.91. The Morgan fingerprint density at radius 1 is 1.42 bits per heavy atom. The van der Waals surface area contributed by atoms with E-state index in [1.165, 1.54) is 11.1 Å². The van der Waals surface area contributed by atoms with Gasteiger partial charge in [-0.25, -0.2) is 0 Å². The van der Waals surface area contributed by atoms with Crippen molar-refractivity contribution in [2.24, 2.45) is 4.99 Å². The quantitative estimate of drug-likeness (QED) is 0.928. The highest BCUT2D eigenvalue weighted by Crippen LogP contribution is 2.26. The van der Waals surface area contributed by atoms with Gasteiger partial charge >= 0.3 is 0 Å². The van der Waals surface area contributed by atoms with E-state index in [0.29, 0.717) is 0 Å². The van der Waals surface area contributed by atoms with Crippen LogP contribution in [0, 0.1) is 13.8 Å². The summed E-state index contributed by atoms with van der Waals surface area (Å²) in [6.07, 6.45) is 0. The van der Waals surface area contributed by atoms with Crippen LogP contribution in [0.3, 0.4) is 0 Å². The lowest BCUT2D eigenvalue weighted by Crippen LogP contribution is -2.23. The van der Waals surface area contributed by atoms with Gasteiger partial charge in [0.2, 0.25) is 5.91 Å². The fourth-order valence-corrected chi connectivity index (χ4v) is 3.78. The maximum Gasteiger partial charge on any atom is 0.237 e. The molecule has 5 heteroatoms. The van der Waals surface area contributed by atoms with Crippen LogP contribution in [0.4, 0.5) is 5.69 Å². The van der Waals surface area contributed by atoms with Gasteiger partial charge in [0.25, 0.3) is 0 Å². The lowest BCUT2D eigenvalue weighted by atomic mass is 10.1. The summed E-state index contributed by atoms with van der Waals surface area (Å²) in [6, 6.07) is 5.98. The summed E-state index contributed by atoms with van der Waals surface area (Å²) in [4.78, 5) is 16.5. The number of nitrogens with one attached hydrogen (secondary N) is 1. The summed E-state index contributed by atoms with van der Waals surface area (Å²) in [5.41, 5.74) is 3.28. The second-order valence-corrected chi connectivity index (χ2v) is 7.22. The van der Waals surface area contributed by atoms with Crippen LogP contribution in [-0.4, -0.2) is 27.8 Å². The van der Waals surface area contributed by atoms with Crippen molar-refractivity contribution in [3.63, 3.8) is 0 Å². The Morgan fingerprint density at radius 3 is 2.84 bits per heavy atom. The number of thioether (sulfide) groups is 2. The van der Waals surface area contributed by atoms with Crippen LogP contribution in [0.5, 0.6) is 0 Å². The molecule has 0 radical (unpaired) electrons. The Labute approximate surface area is 122 Å². The Balaban J connectivity index is 1.94. The van der Waals surface area contributed by atoms with E-state index in [1.54, 1.807) is 23.5 Å². The number of carbonyl (C=O) groups excluding carboxylic acids is 1. The normalized spacial score (nSPS) is 16.1. The molecule has 1 atom stereocenters. The molecule has 0 bridgehead atoms. The third-order valence-corrected chi connectivity index (χ3v) is 5.28. The zero-order valence-corrected chi connectivity index (χ0v) is 13.0. The first-order valence-electron chi connectivity index (χ1n) is 6.28. The van der Waals surface area contributed by atoms with Gasteiger partial charge in [-0.3, -0.25) is 9.79 Å². The minimum absolute atomic E-state index is 0.0310. The predicted molar refractivity (Wildman–Crippen MR) is 86.4 cm³/mol. The summed E-state index contributed by atoms with van der Waals surface area (Å²) in [5, 5.41) is 2.84. The van der Waals surface area contributed by atoms with Gasteiger partial charge in [-0.1, -0.05) is 29.6 Å². The van der Waals surface area contributed by atoms with E-state index in [2.05, 4.69) is 17.2 Å². The molecule has 0 aliphatic carbocycles. The first-order valence-corrected chi connectivity index (χ1v) is 8.15. The van der Waals surface area contributed by atoms with E-state index in [1.807, 2.05) is 32.0 Å². The summed E-state index contributed by atoms with van der Waals surface area (Å²) in [7, 11) is 0. The molecular weight excluding hydrogens is 276 g/mol. The number of hydrogen-bond donors (Lipinski definition) is 1. The van der Waals surface area contributed by atoms with Crippen LogP contribution in [-0.2, 0) is 4.79 Å². The van der Waals surface area contributed by atoms with Crippen LogP contribution in [0.2, 0.25) is 0 Å². The Bertz CT molecular complexity index is 514. The highest BCUT2D eigenvalue weighted by atomic mass is 32.2.